The zero-order valence-electron chi connectivity index (χ0n) is 13.3. The van der Waals surface area contributed by atoms with Crippen molar-refractivity contribution in [3.8, 4) is 0 Å². The first-order chi connectivity index (χ1) is 9.34. The van der Waals surface area contributed by atoms with Crippen molar-refractivity contribution in [2.24, 2.45) is 10.8 Å². The Morgan fingerprint density at radius 1 is 1.10 bits per heavy atom. The quantitative estimate of drug-likeness (QED) is 0.402. The molecule has 0 aromatic rings. The highest BCUT2D eigenvalue weighted by atomic mass is 127. The summed E-state index contributed by atoms with van der Waals surface area (Å²) in [4.78, 5) is 5.60. The molecule has 2 nitrogen and oxygen atoms in total. The summed E-state index contributed by atoms with van der Waals surface area (Å²) in [7, 11) is 0. The number of nitrogens with zero attached hydrogens (tertiary/aromatic N) is 2. The van der Waals surface area contributed by atoms with Gasteiger partial charge in [-0.2, -0.15) is 0 Å². The van der Waals surface area contributed by atoms with Crippen molar-refractivity contribution < 1.29 is 0 Å². The van der Waals surface area contributed by atoms with Crippen molar-refractivity contribution in [3.63, 3.8) is 0 Å². The number of alkyl halides is 1. The molecule has 1 spiro atoms. The molecule has 20 heavy (non-hydrogen) atoms. The van der Waals surface area contributed by atoms with Crippen LogP contribution in [0.3, 0.4) is 0 Å². The summed E-state index contributed by atoms with van der Waals surface area (Å²) >= 11 is 2.69. The summed E-state index contributed by atoms with van der Waals surface area (Å²) in [5.41, 5.74) is 1.78. The SMILES string of the molecule is CC(C)(C)N1C2C[C@]2(CN2CC3(CCCC3)C2)C[C@H]1I. The van der Waals surface area contributed by atoms with E-state index in [2.05, 4.69) is 53.2 Å². The molecule has 2 saturated carbocycles. The third-order valence-corrected chi connectivity index (χ3v) is 7.50. The van der Waals surface area contributed by atoms with Gasteiger partial charge in [-0.05, 0) is 51.9 Å². The zero-order chi connectivity index (χ0) is 14.2. The lowest BCUT2D eigenvalue weighted by Gasteiger charge is -2.49. The lowest BCUT2D eigenvalue weighted by atomic mass is 9.77. The fourth-order valence-electron chi connectivity index (χ4n) is 5.59. The third kappa shape index (κ3) is 2.10. The monoisotopic (exact) mass is 388 g/mol. The minimum Gasteiger partial charge on any atom is -0.302 e. The van der Waals surface area contributed by atoms with Gasteiger partial charge in [0.15, 0.2) is 0 Å². The van der Waals surface area contributed by atoms with E-state index in [0.29, 0.717) is 11.0 Å². The molecule has 0 radical (unpaired) electrons. The fraction of sp³-hybridized carbons (Fsp3) is 1.00. The van der Waals surface area contributed by atoms with Gasteiger partial charge in [0.1, 0.15) is 0 Å². The van der Waals surface area contributed by atoms with Gasteiger partial charge in [-0.15, -0.1) is 0 Å². The molecule has 0 N–H and O–H groups in total. The largest absolute Gasteiger partial charge is 0.302 e. The summed E-state index contributed by atoms with van der Waals surface area (Å²) in [5.74, 6) is 0. The summed E-state index contributed by atoms with van der Waals surface area (Å²) < 4.78 is 0.757. The van der Waals surface area contributed by atoms with Crippen LogP contribution in [0.1, 0.15) is 59.3 Å². The maximum absolute atomic E-state index is 2.80. The van der Waals surface area contributed by atoms with Gasteiger partial charge in [0, 0.05) is 36.6 Å². The van der Waals surface area contributed by atoms with E-state index in [1.54, 1.807) is 0 Å². The smallest absolute Gasteiger partial charge is 0.0632 e. The Kier molecular flexibility index (Phi) is 3.10. The van der Waals surface area contributed by atoms with Crippen LogP contribution in [0.15, 0.2) is 0 Å². The van der Waals surface area contributed by atoms with Crippen molar-refractivity contribution in [3.05, 3.63) is 0 Å². The second kappa shape index (κ2) is 4.35. The minimum atomic E-state index is 0.344. The van der Waals surface area contributed by atoms with Gasteiger partial charge in [-0.1, -0.05) is 35.4 Å². The van der Waals surface area contributed by atoms with E-state index in [1.807, 2.05) is 0 Å². The second-order valence-corrected chi connectivity index (χ2v) is 10.6. The molecule has 4 fully saturated rings. The topological polar surface area (TPSA) is 6.48 Å². The number of piperidine rings is 1. The van der Waals surface area contributed by atoms with Gasteiger partial charge in [0.2, 0.25) is 0 Å². The normalized spacial score (nSPS) is 43.8. The third-order valence-electron chi connectivity index (χ3n) is 6.45. The van der Waals surface area contributed by atoms with Gasteiger partial charge in [-0.25, -0.2) is 0 Å². The van der Waals surface area contributed by atoms with E-state index < -0.39 is 0 Å². The highest BCUT2D eigenvalue weighted by Crippen LogP contribution is 2.63. The summed E-state index contributed by atoms with van der Waals surface area (Å²) in [6.45, 7) is 11.4. The van der Waals surface area contributed by atoms with Crippen molar-refractivity contribution in [2.75, 3.05) is 19.6 Å². The minimum absolute atomic E-state index is 0.344. The van der Waals surface area contributed by atoms with Crippen molar-refractivity contribution >= 4 is 22.6 Å². The number of rotatable bonds is 2. The molecule has 4 rings (SSSR count). The Balaban J connectivity index is 1.38. The van der Waals surface area contributed by atoms with E-state index >= 15 is 0 Å². The summed E-state index contributed by atoms with van der Waals surface area (Å²) in [6.07, 6.45) is 8.92. The van der Waals surface area contributed by atoms with Crippen LogP contribution in [-0.2, 0) is 0 Å². The van der Waals surface area contributed by atoms with Crippen LogP contribution >= 0.6 is 22.6 Å². The van der Waals surface area contributed by atoms with Crippen molar-refractivity contribution in [1.29, 1.82) is 0 Å². The van der Waals surface area contributed by atoms with Crippen molar-refractivity contribution in [2.45, 2.75) is 74.9 Å². The fourth-order valence-corrected chi connectivity index (χ4v) is 7.69. The average Bonchev–Trinajstić information content (AvgIpc) is 2.71. The van der Waals surface area contributed by atoms with Crippen molar-refractivity contribution in [1.82, 2.24) is 9.80 Å². The highest BCUT2D eigenvalue weighted by molar-refractivity contribution is 14.1. The average molecular weight is 388 g/mol. The summed E-state index contributed by atoms with van der Waals surface area (Å²) in [5, 5.41) is 0. The molecule has 2 aliphatic heterocycles. The van der Waals surface area contributed by atoms with Gasteiger partial charge in [-0.3, -0.25) is 4.90 Å². The van der Waals surface area contributed by atoms with E-state index in [1.165, 1.54) is 58.2 Å². The molecule has 0 aromatic carbocycles. The Morgan fingerprint density at radius 3 is 2.30 bits per heavy atom. The standard InChI is InChI=1S/C17H29IN2/c1-15(2,3)20-13-8-17(13,9-14(20)18)12-19-10-16(11-19)6-4-5-7-16/h13-14H,4-12H2,1-3H3/t13?,14-,17+/m0/s1. The molecule has 4 aliphatic rings. The van der Waals surface area contributed by atoms with E-state index in [9.17, 15) is 0 Å². The lowest BCUT2D eigenvalue weighted by molar-refractivity contribution is -0.00866. The molecule has 0 aromatic heterocycles. The van der Waals surface area contributed by atoms with E-state index in [0.717, 1.165) is 15.5 Å². The number of fused-ring (bicyclic) bond motifs is 1. The van der Waals surface area contributed by atoms with Crippen LogP contribution in [-0.4, -0.2) is 45.1 Å². The predicted molar refractivity (Wildman–Crippen MR) is 92.2 cm³/mol. The number of hydrogen-bond acceptors (Lipinski definition) is 2. The Labute approximate surface area is 137 Å². The molecule has 1 unspecified atom stereocenters. The number of halogens is 1. The van der Waals surface area contributed by atoms with Crippen LogP contribution in [0.25, 0.3) is 0 Å². The molecular weight excluding hydrogens is 359 g/mol. The molecule has 2 saturated heterocycles. The molecule has 3 heteroatoms. The van der Waals surface area contributed by atoms with Gasteiger partial charge in [0.25, 0.3) is 0 Å². The molecule has 0 amide bonds. The Hall–Kier alpha value is 0.650. The Bertz CT molecular complexity index is 402. The van der Waals surface area contributed by atoms with Gasteiger partial charge < -0.3 is 4.90 Å². The molecule has 2 aliphatic carbocycles. The first-order valence-electron chi connectivity index (χ1n) is 8.49. The van der Waals surface area contributed by atoms with E-state index in [4.69, 9.17) is 0 Å². The number of hydrogen-bond donors (Lipinski definition) is 0. The molecule has 2 heterocycles. The highest BCUT2D eigenvalue weighted by Gasteiger charge is 2.66. The molecule has 3 atom stereocenters. The molecular formula is C17H29IN2. The first kappa shape index (κ1) is 14.3. The zero-order valence-corrected chi connectivity index (χ0v) is 15.4. The first-order valence-corrected chi connectivity index (χ1v) is 9.73. The van der Waals surface area contributed by atoms with Crippen LogP contribution in [0.4, 0.5) is 0 Å². The maximum Gasteiger partial charge on any atom is 0.0632 e. The number of likely N-dealkylation sites (tertiary alicyclic amines) is 2. The second-order valence-electron chi connectivity index (χ2n) is 9.15. The predicted octanol–water partition coefficient (Wildman–Crippen LogP) is 3.89. The van der Waals surface area contributed by atoms with Crippen LogP contribution in [0, 0.1) is 10.8 Å². The van der Waals surface area contributed by atoms with Gasteiger partial charge >= 0.3 is 0 Å². The molecule has 114 valence electrons. The van der Waals surface area contributed by atoms with Crippen LogP contribution < -0.4 is 0 Å². The van der Waals surface area contributed by atoms with Crippen LogP contribution in [0.2, 0.25) is 0 Å². The lowest BCUT2D eigenvalue weighted by Crippen LogP contribution is -2.56. The maximum atomic E-state index is 2.80. The molecule has 0 bridgehead atoms. The summed E-state index contributed by atoms with van der Waals surface area (Å²) in [6, 6.07) is 0.879. The van der Waals surface area contributed by atoms with Crippen LogP contribution in [0.5, 0.6) is 0 Å². The van der Waals surface area contributed by atoms with Gasteiger partial charge in [0.05, 0.1) is 4.05 Å². The Morgan fingerprint density at radius 2 is 1.75 bits per heavy atom. The van der Waals surface area contributed by atoms with E-state index in [-0.39, 0.29) is 0 Å².